The summed E-state index contributed by atoms with van der Waals surface area (Å²) in [6.07, 6.45) is 3.47. The van der Waals surface area contributed by atoms with Crippen molar-refractivity contribution in [2.24, 2.45) is 0 Å². The fourth-order valence-electron chi connectivity index (χ4n) is 1.50. The summed E-state index contributed by atoms with van der Waals surface area (Å²) in [5.74, 6) is 0.579. The molecule has 0 spiro atoms. The molecule has 0 saturated heterocycles. The predicted octanol–water partition coefficient (Wildman–Crippen LogP) is 2.65. The minimum Gasteiger partial charge on any atom is -0.378 e. The van der Waals surface area contributed by atoms with Gasteiger partial charge in [-0.25, -0.2) is 9.97 Å². The Kier molecular flexibility index (Phi) is 3.66. The highest BCUT2D eigenvalue weighted by Gasteiger charge is 2.08. The van der Waals surface area contributed by atoms with E-state index in [1.54, 1.807) is 25.6 Å². The van der Waals surface area contributed by atoms with Crippen LogP contribution in [0.5, 0.6) is 0 Å². The van der Waals surface area contributed by atoms with Gasteiger partial charge < -0.3 is 4.74 Å². The van der Waals surface area contributed by atoms with Gasteiger partial charge in [-0.1, -0.05) is 11.6 Å². The summed E-state index contributed by atoms with van der Waals surface area (Å²) in [6.45, 7) is 2.39. The number of aromatic nitrogens is 3. The molecule has 2 heterocycles. The van der Waals surface area contributed by atoms with E-state index in [9.17, 15) is 0 Å². The molecule has 0 aliphatic rings. The van der Waals surface area contributed by atoms with E-state index < -0.39 is 0 Å². The Bertz CT molecular complexity index is 531. The summed E-state index contributed by atoms with van der Waals surface area (Å²) in [7, 11) is 1.62. The number of ether oxygens (including phenoxy) is 1. The maximum Gasteiger partial charge on any atom is 0.163 e. The fraction of sp³-hybridized carbons (Fsp3) is 0.250. The lowest BCUT2D eigenvalue weighted by Gasteiger charge is -2.06. The second kappa shape index (κ2) is 5.21. The minimum absolute atomic E-state index is 0.408. The molecule has 0 unspecified atom stereocenters. The van der Waals surface area contributed by atoms with E-state index in [1.807, 2.05) is 13.0 Å². The summed E-state index contributed by atoms with van der Waals surface area (Å²) >= 11 is 5.96. The molecule has 0 aliphatic carbocycles. The third-order valence-corrected chi connectivity index (χ3v) is 2.51. The molecular formula is C12H12ClN3O. The predicted molar refractivity (Wildman–Crippen MR) is 65.7 cm³/mol. The van der Waals surface area contributed by atoms with Crippen LogP contribution in [0.3, 0.4) is 0 Å². The van der Waals surface area contributed by atoms with Crippen LogP contribution in [-0.4, -0.2) is 22.1 Å². The Morgan fingerprint density at radius 3 is 2.88 bits per heavy atom. The Morgan fingerprint density at radius 2 is 2.18 bits per heavy atom. The highest BCUT2D eigenvalue weighted by Crippen LogP contribution is 2.20. The standard InChI is InChI=1S/C12H12ClN3O/c1-8-3-4-14-6-10(8)12-15-9(7-17-2)5-11(13)16-12/h3-6H,7H2,1-2H3. The molecule has 0 aliphatic heterocycles. The number of halogens is 1. The van der Waals surface area contributed by atoms with Gasteiger partial charge >= 0.3 is 0 Å². The van der Waals surface area contributed by atoms with E-state index in [2.05, 4.69) is 15.0 Å². The van der Waals surface area contributed by atoms with Crippen LogP contribution in [0, 0.1) is 6.92 Å². The summed E-state index contributed by atoms with van der Waals surface area (Å²) in [5.41, 5.74) is 2.70. The lowest BCUT2D eigenvalue weighted by Crippen LogP contribution is -1.99. The Labute approximate surface area is 105 Å². The molecule has 2 aromatic heterocycles. The zero-order valence-electron chi connectivity index (χ0n) is 9.64. The number of hydrogen-bond donors (Lipinski definition) is 0. The van der Waals surface area contributed by atoms with Crippen molar-refractivity contribution >= 4 is 11.6 Å². The molecule has 0 radical (unpaired) electrons. The summed E-state index contributed by atoms with van der Waals surface area (Å²) in [6, 6.07) is 3.61. The van der Waals surface area contributed by atoms with Gasteiger partial charge in [0, 0.05) is 25.1 Å². The molecule has 17 heavy (non-hydrogen) atoms. The topological polar surface area (TPSA) is 47.9 Å². The summed E-state index contributed by atoms with van der Waals surface area (Å²) in [4.78, 5) is 12.7. The van der Waals surface area contributed by atoms with Crippen molar-refractivity contribution in [3.05, 3.63) is 40.9 Å². The van der Waals surface area contributed by atoms with Crippen LogP contribution in [0.2, 0.25) is 5.15 Å². The molecule has 0 atom stereocenters. The molecule has 2 aromatic rings. The zero-order valence-corrected chi connectivity index (χ0v) is 10.4. The van der Waals surface area contributed by atoms with Gasteiger partial charge in [0.1, 0.15) is 5.15 Å². The molecule has 4 nitrogen and oxygen atoms in total. The Morgan fingerprint density at radius 1 is 1.35 bits per heavy atom. The first kappa shape index (κ1) is 12.0. The quantitative estimate of drug-likeness (QED) is 0.785. The van der Waals surface area contributed by atoms with Gasteiger partial charge in [0.15, 0.2) is 5.82 Å². The van der Waals surface area contributed by atoms with Gasteiger partial charge in [-0.3, -0.25) is 4.98 Å². The van der Waals surface area contributed by atoms with Crippen LogP contribution in [0.15, 0.2) is 24.5 Å². The van der Waals surface area contributed by atoms with Gasteiger partial charge in [0.2, 0.25) is 0 Å². The molecule has 0 bridgehead atoms. The SMILES string of the molecule is COCc1cc(Cl)nc(-c2cnccc2C)n1. The van der Waals surface area contributed by atoms with Crippen molar-refractivity contribution in [2.45, 2.75) is 13.5 Å². The van der Waals surface area contributed by atoms with Crippen molar-refractivity contribution in [1.29, 1.82) is 0 Å². The van der Waals surface area contributed by atoms with Gasteiger partial charge in [-0.15, -0.1) is 0 Å². The highest BCUT2D eigenvalue weighted by atomic mass is 35.5. The normalized spacial score (nSPS) is 10.5. The van der Waals surface area contributed by atoms with E-state index in [0.29, 0.717) is 17.6 Å². The molecule has 0 aromatic carbocycles. The Hall–Kier alpha value is -1.52. The summed E-state index contributed by atoms with van der Waals surface area (Å²) < 4.78 is 5.04. The highest BCUT2D eigenvalue weighted by molar-refractivity contribution is 6.29. The van der Waals surface area contributed by atoms with Crippen LogP contribution in [0.1, 0.15) is 11.3 Å². The van der Waals surface area contributed by atoms with Crippen LogP contribution in [0.25, 0.3) is 11.4 Å². The molecule has 88 valence electrons. The van der Waals surface area contributed by atoms with Crippen molar-refractivity contribution < 1.29 is 4.74 Å². The van der Waals surface area contributed by atoms with Crippen molar-refractivity contribution in [1.82, 2.24) is 15.0 Å². The van der Waals surface area contributed by atoms with Crippen LogP contribution in [0.4, 0.5) is 0 Å². The number of nitrogens with zero attached hydrogens (tertiary/aromatic N) is 3. The molecular weight excluding hydrogens is 238 g/mol. The van der Waals surface area contributed by atoms with E-state index in [0.717, 1.165) is 16.8 Å². The molecule has 0 fully saturated rings. The average molecular weight is 250 g/mol. The van der Waals surface area contributed by atoms with Crippen molar-refractivity contribution in [3.8, 4) is 11.4 Å². The van der Waals surface area contributed by atoms with E-state index in [-0.39, 0.29) is 0 Å². The number of pyridine rings is 1. The van der Waals surface area contributed by atoms with Crippen LogP contribution >= 0.6 is 11.6 Å². The largest absolute Gasteiger partial charge is 0.378 e. The third-order valence-electron chi connectivity index (χ3n) is 2.32. The van der Waals surface area contributed by atoms with Crippen molar-refractivity contribution in [3.63, 3.8) is 0 Å². The van der Waals surface area contributed by atoms with Gasteiger partial charge in [-0.05, 0) is 24.6 Å². The number of rotatable bonds is 3. The smallest absolute Gasteiger partial charge is 0.163 e. The number of hydrogen-bond acceptors (Lipinski definition) is 4. The summed E-state index contributed by atoms with van der Waals surface area (Å²) in [5, 5.41) is 0.408. The first-order valence-corrected chi connectivity index (χ1v) is 5.52. The second-order valence-corrected chi connectivity index (χ2v) is 4.02. The fourth-order valence-corrected chi connectivity index (χ4v) is 1.71. The van der Waals surface area contributed by atoms with E-state index >= 15 is 0 Å². The first-order chi connectivity index (χ1) is 8.20. The molecule has 0 N–H and O–H groups in total. The molecule has 2 rings (SSSR count). The van der Waals surface area contributed by atoms with Crippen LogP contribution in [-0.2, 0) is 11.3 Å². The molecule has 0 saturated carbocycles. The second-order valence-electron chi connectivity index (χ2n) is 3.63. The van der Waals surface area contributed by atoms with E-state index in [4.69, 9.17) is 16.3 Å². The third kappa shape index (κ3) is 2.78. The Balaban J connectivity index is 2.48. The monoisotopic (exact) mass is 249 g/mol. The van der Waals surface area contributed by atoms with Crippen LogP contribution < -0.4 is 0 Å². The lowest BCUT2D eigenvalue weighted by atomic mass is 10.1. The number of aryl methyl sites for hydroxylation is 1. The van der Waals surface area contributed by atoms with E-state index in [1.165, 1.54) is 0 Å². The zero-order chi connectivity index (χ0) is 12.3. The van der Waals surface area contributed by atoms with Gasteiger partial charge in [0.05, 0.1) is 12.3 Å². The average Bonchev–Trinajstić information content (AvgIpc) is 2.29. The molecule has 0 amide bonds. The van der Waals surface area contributed by atoms with Crippen molar-refractivity contribution in [2.75, 3.05) is 7.11 Å². The maximum atomic E-state index is 5.96. The minimum atomic E-state index is 0.408. The first-order valence-electron chi connectivity index (χ1n) is 5.14. The van der Waals surface area contributed by atoms with Gasteiger partial charge in [-0.2, -0.15) is 0 Å². The number of methoxy groups -OCH3 is 1. The molecule has 5 heteroatoms. The van der Waals surface area contributed by atoms with Gasteiger partial charge in [0.25, 0.3) is 0 Å². The lowest BCUT2D eigenvalue weighted by molar-refractivity contribution is 0.181. The maximum absolute atomic E-state index is 5.96.